The van der Waals surface area contributed by atoms with Crippen LogP contribution in [0.5, 0.6) is 5.88 Å². The van der Waals surface area contributed by atoms with Crippen LogP contribution in [-0.4, -0.2) is 89.8 Å². The number of likely N-dealkylation sites (tertiary alicyclic amines) is 1. The first-order valence-corrected chi connectivity index (χ1v) is 14.5. The van der Waals surface area contributed by atoms with Gasteiger partial charge in [-0.05, 0) is 76.1 Å². The number of carbonyl (C=O) groups is 2. The SMILES string of the molecule is C[C@@H]1CN2c3c4c(nc5c(F)c(Br)c(Cl)cc35)O[C@@H]([C@@H]3CCCN3C)CN4C(=O)[C@H]2CN1C(=O)OC(C)(C)C. The molecule has 1 aromatic heterocycles. The second-order valence-corrected chi connectivity index (χ2v) is 13.1. The number of hydrogen-bond acceptors (Lipinski definition) is 7. The van der Waals surface area contributed by atoms with Crippen LogP contribution in [0.4, 0.5) is 20.6 Å². The van der Waals surface area contributed by atoms with Crippen LogP contribution in [0.25, 0.3) is 10.9 Å². The van der Waals surface area contributed by atoms with Gasteiger partial charge in [0.1, 0.15) is 29.0 Å². The molecular weight excluding hydrogens is 593 g/mol. The summed E-state index contributed by atoms with van der Waals surface area (Å²) >= 11 is 9.67. The maximum absolute atomic E-state index is 15.6. The lowest BCUT2D eigenvalue weighted by atomic mass is 9.96. The van der Waals surface area contributed by atoms with Crippen molar-refractivity contribution in [2.45, 2.75) is 70.4 Å². The van der Waals surface area contributed by atoms with Gasteiger partial charge in [-0.25, -0.2) is 14.2 Å². The summed E-state index contributed by atoms with van der Waals surface area (Å²) < 4.78 is 27.8. The van der Waals surface area contributed by atoms with Crippen molar-refractivity contribution in [1.82, 2.24) is 14.8 Å². The summed E-state index contributed by atoms with van der Waals surface area (Å²) in [6.45, 7) is 9.15. The molecule has 0 spiro atoms. The Bertz CT molecular complexity index is 1390. The Morgan fingerprint density at radius 1 is 1.26 bits per heavy atom. The average molecular weight is 625 g/mol. The summed E-state index contributed by atoms with van der Waals surface area (Å²) in [5.74, 6) is -0.472. The van der Waals surface area contributed by atoms with E-state index in [9.17, 15) is 9.59 Å². The minimum atomic E-state index is -0.676. The molecule has 6 rings (SSSR count). The van der Waals surface area contributed by atoms with Crippen molar-refractivity contribution < 1.29 is 23.5 Å². The summed E-state index contributed by atoms with van der Waals surface area (Å²) in [4.78, 5) is 39.5. The van der Waals surface area contributed by atoms with Crippen LogP contribution >= 0.6 is 27.5 Å². The number of aromatic nitrogens is 1. The molecule has 2 aromatic rings. The minimum absolute atomic E-state index is 0.108. The van der Waals surface area contributed by atoms with E-state index in [1.54, 1.807) is 15.9 Å². The number of ether oxygens (including phenoxy) is 2. The van der Waals surface area contributed by atoms with Gasteiger partial charge in [0, 0.05) is 24.0 Å². The molecule has 0 aliphatic carbocycles. The molecule has 4 aliphatic heterocycles. The van der Waals surface area contributed by atoms with Crippen LogP contribution in [0.15, 0.2) is 10.5 Å². The third-order valence-corrected chi connectivity index (χ3v) is 9.44. The Balaban J connectivity index is 1.50. The number of halogens is 3. The smallest absolute Gasteiger partial charge is 0.410 e. The largest absolute Gasteiger partial charge is 0.469 e. The molecule has 2 saturated heterocycles. The van der Waals surface area contributed by atoms with Gasteiger partial charge in [-0.2, -0.15) is 0 Å². The Morgan fingerprint density at radius 3 is 2.67 bits per heavy atom. The quantitative estimate of drug-likeness (QED) is 0.422. The molecule has 4 atom stereocenters. The Hall–Kier alpha value is -2.37. The monoisotopic (exact) mass is 623 g/mol. The fourth-order valence-electron chi connectivity index (χ4n) is 6.32. The first-order valence-electron chi connectivity index (χ1n) is 13.3. The highest BCUT2D eigenvalue weighted by atomic mass is 79.9. The van der Waals surface area contributed by atoms with Crippen molar-refractivity contribution in [1.29, 1.82) is 0 Å². The lowest BCUT2D eigenvalue weighted by Gasteiger charge is -2.52. The molecule has 2 amide bonds. The number of anilines is 2. The van der Waals surface area contributed by atoms with E-state index < -0.39 is 23.6 Å². The highest BCUT2D eigenvalue weighted by molar-refractivity contribution is 9.10. The Labute approximate surface area is 240 Å². The molecule has 39 heavy (non-hydrogen) atoms. The number of hydrogen-bond donors (Lipinski definition) is 0. The predicted octanol–water partition coefficient (Wildman–Crippen LogP) is 4.81. The summed E-state index contributed by atoms with van der Waals surface area (Å²) in [6, 6.07) is 0.843. The first-order chi connectivity index (χ1) is 18.4. The zero-order valence-corrected chi connectivity index (χ0v) is 25.0. The van der Waals surface area contributed by atoms with Gasteiger partial charge in [0.2, 0.25) is 5.88 Å². The molecule has 210 valence electrons. The van der Waals surface area contributed by atoms with Gasteiger partial charge in [-0.15, -0.1) is 0 Å². The van der Waals surface area contributed by atoms with E-state index in [1.165, 1.54) is 0 Å². The summed E-state index contributed by atoms with van der Waals surface area (Å²) in [6.07, 6.45) is 1.20. The van der Waals surface area contributed by atoms with E-state index in [-0.39, 0.29) is 51.5 Å². The molecule has 4 aliphatic rings. The molecule has 0 radical (unpaired) electrons. The number of fused-ring (bicyclic) bond motifs is 4. The average Bonchev–Trinajstić information content (AvgIpc) is 3.29. The van der Waals surface area contributed by atoms with E-state index in [0.717, 1.165) is 19.4 Å². The maximum atomic E-state index is 15.6. The molecule has 12 heteroatoms. The normalized spacial score (nSPS) is 27.0. The van der Waals surface area contributed by atoms with Crippen LogP contribution in [-0.2, 0) is 9.53 Å². The zero-order valence-electron chi connectivity index (χ0n) is 22.6. The number of piperazine rings is 1. The lowest BCUT2D eigenvalue weighted by Crippen LogP contribution is -2.68. The van der Waals surface area contributed by atoms with Crippen molar-refractivity contribution in [3.63, 3.8) is 0 Å². The van der Waals surface area contributed by atoms with E-state index in [2.05, 4.69) is 32.9 Å². The topological polar surface area (TPSA) is 78.5 Å². The van der Waals surface area contributed by atoms with Crippen molar-refractivity contribution in [3.8, 4) is 5.88 Å². The summed E-state index contributed by atoms with van der Waals surface area (Å²) in [7, 11) is 2.05. The van der Waals surface area contributed by atoms with Crippen LogP contribution in [0, 0.1) is 5.82 Å². The second kappa shape index (κ2) is 9.34. The third kappa shape index (κ3) is 4.32. The van der Waals surface area contributed by atoms with E-state index >= 15 is 4.39 Å². The molecule has 2 fully saturated rings. The summed E-state index contributed by atoms with van der Waals surface area (Å²) in [5, 5.41) is 0.709. The van der Waals surface area contributed by atoms with Gasteiger partial charge in [-0.1, -0.05) is 11.6 Å². The number of amides is 2. The van der Waals surface area contributed by atoms with Crippen molar-refractivity contribution in [3.05, 3.63) is 21.4 Å². The predicted molar refractivity (Wildman–Crippen MR) is 150 cm³/mol. The van der Waals surface area contributed by atoms with Gasteiger partial charge in [0.05, 0.1) is 28.3 Å². The number of rotatable bonds is 1. The van der Waals surface area contributed by atoms with Crippen LogP contribution in [0.2, 0.25) is 5.02 Å². The number of benzene rings is 1. The molecule has 5 heterocycles. The molecule has 9 nitrogen and oxygen atoms in total. The lowest BCUT2D eigenvalue weighted by molar-refractivity contribution is -0.122. The first kappa shape index (κ1) is 26.8. The molecule has 0 bridgehead atoms. The third-order valence-electron chi connectivity index (χ3n) is 8.14. The van der Waals surface area contributed by atoms with Crippen molar-refractivity contribution in [2.24, 2.45) is 0 Å². The zero-order chi connectivity index (χ0) is 28.0. The van der Waals surface area contributed by atoms with E-state index in [1.807, 2.05) is 32.6 Å². The van der Waals surface area contributed by atoms with Gasteiger partial charge < -0.3 is 24.2 Å². The minimum Gasteiger partial charge on any atom is -0.469 e. The molecule has 0 N–H and O–H groups in total. The van der Waals surface area contributed by atoms with Crippen LogP contribution in [0.3, 0.4) is 0 Å². The number of carbonyl (C=O) groups excluding carboxylic acids is 2. The van der Waals surface area contributed by atoms with Crippen LogP contribution < -0.4 is 14.5 Å². The summed E-state index contributed by atoms with van der Waals surface area (Å²) in [5.41, 5.74) is 0.647. The fraction of sp³-hybridized carbons (Fsp3) is 0.593. The van der Waals surface area contributed by atoms with Gasteiger partial charge in [0.25, 0.3) is 5.91 Å². The maximum Gasteiger partial charge on any atom is 0.410 e. The molecule has 1 aromatic carbocycles. The van der Waals surface area contributed by atoms with Crippen LogP contribution in [0.1, 0.15) is 40.5 Å². The molecular formula is C27H32BrClFN5O4. The highest BCUT2D eigenvalue weighted by Crippen LogP contribution is 2.51. The molecule has 0 unspecified atom stereocenters. The van der Waals surface area contributed by atoms with Gasteiger partial charge in [-0.3, -0.25) is 9.69 Å². The van der Waals surface area contributed by atoms with Gasteiger partial charge in [0.15, 0.2) is 5.82 Å². The van der Waals surface area contributed by atoms with E-state index in [4.69, 9.17) is 21.1 Å². The Kier molecular flexibility index (Phi) is 6.43. The number of nitrogens with zero attached hydrogens (tertiary/aromatic N) is 5. The number of likely N-dealkylation sites (N-methyl/N-ethyl adjacent to an activating group) is 1. The van der Waals surface area contributed by atoms with E-state index in [0.29, 0.717) is 29.9 Å². The van der Waals surface area contributed by atoms with Crippen molar-refractivity contribution in [2.75, 3.05) is 43.0 Å². The van der Waals surface area contributed by atoms with Crippen molar-refractivity contribution >= 4 is 61.8 Å². The highest BCUT2D eigenvalue weighted by Gasteiger charge is 2.51. The van der Waals surface area contributed by atoms with Gasteiger partial charge >= 0.3 is 6.09 Å². The molecule has 0 saturated carbocycles. The standard InChI is InChI=1S/C27H32BrClFN5O4/c1-13-10-34-17(11-33(13)26(37)39-27(2,3)4)25(36)35-12-18(16-7-6-8-32(16)5)38-24-23(35)22(34)14-9-15(29)19(28)20(30)21(14)31-24/h9,13,16-18H,6-8,10-12H2,1-5H3/t13-,16+,17-,18-/m1/s1. The second-order valence-electron chi connectivity index (χ2n) is 11.9. The Morgan fingerprint density at radius 2 is 2.00 bits per heavy atom. The fourth-order valence-corrected chi connectivity index (χ4v) is 6.82. The number of pyridine rings is 1.